The third kappa shape index (κ3) is 6.73. The molecule has 1 rings (SSSR count). The molecular formula is C16H29N3O. The molecule has 0 fully saturated rings. The van der Waals surface area contributed by atoms with Crippen LogP contribution in [0.1, 0.15) is 60.3 Å². The highest BCUT2D eigenvalue weighted by molar-refractivity contribution is 5.37. The molecule has 0 aliphatic rings. The maximum absolute atomic E-state index is 5.58. The highest BCUT2D eigenvalue weighted by atomic mass is 16.5. The van der Waals surface area contributed by atoms with E-state index in [9.17, 15) is 0 Å². The lowest BCUT2D eigenvalue weighted by Gasteiger charge is -2.25. The maximum atomic E-state index is 5.58. The fraction of sp³-hybridized carbons (Fsp3) is 0.750. The van der Waals surface area contributed by atoms with Crippen molar-refractivity contribution < 1.29 is 4.74 Å². The second-order valence-electron chi connectivity index (χ2n) is 6.38. The molecule has 4 nitrogen and oxygen atoms in total. The minimum absolute atomic E-state index is 0.128. The van der Waals surface area contributed by atoms with Gasteiger partial charge >= 0.3 is 0 Å². The van der Waals surface area contributed by atoms with Crippen LogP contribution in [0.25, 0.3) is 0 Å². The molecule has 1 aromatic heterocycles. The van der Waals surface area contributed by atoms with Crippen molar-refractivity contribution in [1.29, 1.82) is 0 Å². The van der Waals surface area contributed by atoms with E-state index in [1.165, 1.54) is 25.7 Å². The summed E-state index contributed by atoms with van der Waals surface area (Å²) >= 11 is 0. The van der Waals surface area contributed by atoms with E-state index in [0.717, 1.165) is 12.4 Å². The highest BCUT2D eigenvalue weighted by Gasteiger charge is 2.17. The third-order valence-corrected chi connectivity index (χ3v) is 3.20. The van der Waals surface area contributed by atoms with E-state index in [0.29, 0.717) is 5.88 Å². The molecule has 0 bridgehead atoms. The summed E-state index contributed by atoms with van der Waals surface area (Å²) in [7, 11) is 0. The Kier molecular flexibility index (Phi) is 6.76. The van der Waals surface area contributed by atoms with Crippen LogP contribution in [0.5, 0.6) is 5.88 Å². The molecule has 0 aromatic carbocycles. The molecule has 0 aliphatic carbocycles. The summed E-state index contributed by atoms with van der Waals surface area (Å²) in [5, 5.41) is 3.39. The Balaban J connectivity index is 2.47. The molecule has 1 N–H and O–H groups in total. The van der Waals surface area contributed by atoms with Crippen molar-refractivity contribution in [2.45, 2.75) is 66.4 Å². The number of ether oxygens (including phenoxy) is 1. The lowest BCUT2D eigenvalue weighted by Crippen LogP contribution is -2.23. The van der Waals surface area contributed by atoms with Crippen LogP contribution in [0.4, 0.5) is 5.82 Å². The first-order valence-electron chi connectivity index (χ1n) is 7.65. The van der Waals surface area contributed by atoms with Crippen molar-refractivity contribution in [2.24, 2.45) is 5.41 Å². The molecule has 4 heteroatoms. The van der Waals surface area contributed by atoms with Gasteiger partial charge in [0.1, 0.15) is 12.1 Å². The topological polar surface area (TPSA) is 47.0 Å². The molecule has 1 heterocycles. The van der Waals surface area contributed by atoms with Crippen LogP contribution in [0.3, 0.4) is 0 Å². The van der Waals surface area contributed by atoms with Gasteiger partial charge in [-0.3, -0.25) is 0 Å². The Bertz CT molecular complexity index is 391. The first-order chi connectivity index (χ1) is 9.43. The van der Waals surface area contributed by atoms with E-state index in [1.54, 1.807) is 6.33 Å². The summed E-state index contributed by atoms with van der Waals surface area (Å²) in [5.41, 5.74) is 0.277. The van der Waals surface area contributed by atoms with Gasteiger partial charge in [-0.1, -0.05) is 40.0 Å². The number of aromatic nitrogens is 2. The standard InChI is InChI=1S/C16H29N3O/c1-6-7-8-9-16(4,5)11-17-14-10-15(19-12-18-14)20-13(2)3/h10,12-13H,6-9,11H2,1-5H3,(H,17,18,19). The number of unbranched alkanes of at least 4 members (excludes halogenated alkanes) is 2. The van der Waals surface area contributed by atoms with Crippen LogP contribution >= 0.6 is 0 Å². The van der Waals surface area contributed by atoms with Crippen molar-refractivity contribution in [3.63, 3.8) is 0 Å². The minimum atomic E-state index is 0.128. The number of hydrogen-bond donors (Lipinski definition) is 1. The monoisotopic (exact) mass is 279 g/mol. The largest absolute Gasteiger partial charge is 0.475 e. The number of nitrogens with one attached hydrogen (secondary N) is 1. The number of nitrogens with zero attached hydrogens (tertiary/aromatic N) is 2. The van der Waals surface area contributed by atoms with Crippen molar-refractivity contribution in [1.82, 2.24) is 9.97 Å². The predicted octanol–water partition coefficient (Wildman–Crippen LogP) is 4.28. The Labute approximate surface area is 123 Å². The van der Waals surface area contributed by atoms with Crippen LogP contribution in [0, 0.1) is 5.41 Å². The Hall–Kier alpha value is -1.32. The van der Waals surface area contributed by atoms with Gasteiger partial charge in [-0.15, -0.1) is 0 Å². The quantitative estimate of drug-likeness (QED) is 0.685. The second kappa shape index (κ2) is 8.08. The Morgan fingerprint density at radius 2 is 2.00 bits per heavy atom. The lowest BCUT2D eigenvalue weighted by atomic mass is 9.87. The van der Waals surface area contributed by atoms with E-state index < -0.39 is 0 Å². The molecule has 0 aliphatic heterocycles. The molecule has 0 spiro atoms. The van der Waals surface area contributed by atoms with Crippen LogP contribution < -0.4 is 10.1 Å². The average molecular weight is 279 g/mol. The number of hydrogen-bond acceptors (Lipinski definition) is 4. The minimum Gasteiger partial charge on any atom is -0.475 e. The fourth-order valence-electron chi connectivity index (χ4n) is 2.01. The first kappa shape index (κ1) is 16.7. The van der Waals surface area contributed by atoms with Crippen LogP contribution in [-0.4, -0.2) is 22.6 Å². The maximum Gasteiger partial charge on any atom is 0.218 e. The Morgan fingerprint density at radius 1 is 1.25 bits per heavy atom. The third-order valence-electron chi connectivity index (χ3n) is 3.20. The zero-order valence-electron chi connectivity index (χ0n) is 13.6. The molecular weight excluding hydrogens is 250 g/mol. The molecule has 0 saturated carbocycles. The zero-order valence-corrected chi connectivity index (χ0v) is 13.6. The first-order valence-corrected chi connectivity index (χ1v) is 7.65. The van der Waals surface area contributed by atoms with Crippen molar-refractivity contribution in [3.8, 4) is 5.88 Å². The SMILES string of the molecule is CCCCCC(C)(C)CNc1cc(OC(C)C)ncn1. The molecule has 0 radical (unpaired) electrons. The summed E-state index contributed by atoms with van der Waals surface area (Å²) in [5.74, 6) is 1.46. The van der Waals surface area contributed by atoms with Gasteiger partial charge in [0, 0.05) is 12.6 Å². The van der Waals surface area contributed by atoms with Crippen LogP contribution in [0.2, 0.25) is 0 Å². The molecule has 114 valence electrons. The molecule has 0 atom stereocenters. The van der Waals surface area contributed by atoms with Gasteiger partial charge in [-0.2, -0.15) is 0 Å². The smallest absolute Gasteiger partial charge is 0.218 e. The summed E-state index contributed by atoms with van der Waals surface area (Å²) in [6, 6.07) is 1.86. The average Bonchev–Trinajstić information content (AvgIpc) is 2.36. The van der Waals surface area contributed by atoms with Gasteiger partial charge in [0.05, 0.1) is 6.10 Å². The van der Waals surface area contributed by atoms with Crippen LogP contribution in [-0.2, 0) is 0 Å². The van der Waals surface area contributed by atoms with Gasteiger partial charge in [0.15, 0.2) is 0 Å². The lowest BCUT2D eigenvalue weighted by molar-refractivity contribution is 0.232. The van der Waals surface area contributed by atoms with Gasteiger partial charge in [-0.25, -0.2) is 9.97 Å². The highest BCUT2D eigenvalue weighted by Crippen LogP contribution is 2.24. The van der Waals surface area contributed by atoms with Crippen molar-refractivity contribution in [3.05, 3.63) is 12.4 Å². The molecule has 20 heavy (non-hydrogen) atoms. The van der Waals surface area contributed by atoms with E-state index in [-0.39, 0.29) is 11.5 Å². The summed E-state index contributed by atoms with van der Waals surface area (Å²) in [6.45, 7) is 11.7. The van der Waals surface area contributed by atoms with E-state index in [1.807, 2.05) is 19.9 Å². The van der Waals surface area contributed by atoms with Gasteiger partial charge < -0.3 is 10.1 Å². The fourth-order valence-corrected chi connectivity index (χ4v) is 2.01. The second-order valence-corrected chi connectivity index (χ2v) is 6.38. The normalized spacial score (nSPS) is 11.7. The van der Waals surface area contributed by atoms with Crippen molar-refractivity contribution >= 4 is 5.82 Å². The van der Waals surface area contributed by atoms with Gasteiger partial charge in [0.25, 0.3) is 0 Å². The number of rotatable bonds is 9. The van der Waals surface area contributed by atoms with Gasteiger partial charge in [0.2, 0.25) is 5.88 Å². The summed E-state index contributed by atoms with van der Waals surface area (Å²) in [6.07, 6.45) is 6.77. The van der Waals surface area contributed by atoms with Gasteiger partial charge in [-0.05, 0) is 25.7 Å². The van der Waals surface area contributed by atoms with E-state index in [2.05, 4.69) is 36.1 Å². The summed E-state index contributed by atoms with van der Waals surface area (Å²) < 4.78 is 5.58. The molecule has 0 saturated heterocycles. The molecule has 0 amide bonds. The zero-order chi connectivity index (χ0) is 15.0. The van der Waals surface area contributed by atoms with E-state index in [4.69, 9.17) is 4.74 Å². The summed E-state index contributed by atoms with van der Waals surface area (Å²) in [4.78, 5) is 8.36. The molecule has 1 aromatic rings. The van der Waals surface area contributed by atoms with E-state index >= 15 is 0 Å². The number of anilines is 1. The van der Waals surface area contributed by atoms with Crippen molar-refractivity contribution in [2.75, 3.05) is 11.9 Å². The molecule has 0 unspecified atom stereocenters. The Morgan fingerprint density at radius 3 is 2.65 bits per heavy atom. The predicted molar refractivity (Wildman–Crippen MR) is 84.2 cm³/mol. The van der Waals surface area contributed by atoms with Crippen LogP contribution in [0.15, 0.2) is 12.4 Å².